The highest BCUT2D eigenvalue weighted by Crippen LogP contribution is 2.13. The number of hydrogen-bond acceptors (Lipinski definition) is 4. The molecular formula is C12H24N2O3. The third-order valence-corrected chi connectivity index (χ3v) is 2.85. The molecule has 100 valence electrons. The van der Waals surface area contributed by atoms with Crippen LogP contribution in [0.15, 0.2) is 0 Å². The Morgan fingerprint density at radius 2 is 2.29 bits per heavy atom. The van der Waals surface area contributed by atoms with Crippen LogP contribution in [0.2, 0.25) is 0 Å². The second kappa shape index (κ2) is 8.44. The Morgan fingerprint density at radius 1 is 1.47 bits per heavy atom. The molecule has 0 aromatic heterocycles. The summed E-state index contributed by atoms with van der Waals surface area (Å²) < 4.78 is 11.1. The van der Waals surface area contributed by atoms with Gasteiger partial charge in [0, 0.05) is 19.7 Å². The van der Waals surface area contributed by atoms with Crippen molar-refractivity contribution in [2.45, 2.75) is 38.4 Å². The lowest BCUT2D eigenvalue weighted by molar-refractivity contribution is -0.135. The van der Waals surface area contributed by atoms with E-state index in [1.54, 1.807) is 6.92 Å². The lowest BCUT2D eigenvalue weighted by Gasteiger charge is -2.23. The minimum absolute atomic E-state index is 0.0592. The zero-order chi connectivity index (χ0) is 12.5. The van der Waals surface area contributed by atoms with Gasteiger partial charge in [-0.2, -0.15) is 0 Å². The smallest absolute Gasteiger partial charge is 0.248 e. The fourth-order valence-corrected chi connectivity index (χ4v) is 1.72. The minimum Gasteiger partial charge on any atom is -0.376 e. The molecule has 1 amide bonds. The summed E-state index contributed by atoms with van der Waals surface area (Å²) in [6.07, 6.45) is 3.12. The van der Waals surface area contributed by atoms with Crippen LogP contribution in [0.1, 0.15) is 26.2 Å². The fraction of sp³-hybridized carbons (Fsp3) is 0.917. The second-order valence-corrected chi connectivity index (χ2v) is 4.36. The van der Waals surface area contributed by atoms with Crippen molar-refractivity contribution in [2.24, 2.45) is 0 Å². The van der Waals surface area contributed by atoms with Crippen LogP contribution in [-0.4, -0.2) is 51.5 Å². The van der Waals surface area contributed by atoms with Crippen molar-refractivity contribution in [2.75, 3.05) is 33.4 Å². The van der Waals surface area contributed by atoms with Gasteiger partial charge in [0.2, 0.25) is 5.91 Å². The van der Waals surface area contributed by atoms with E-state index in [0.29, 0.717) is 13.2 Å². The van der Waals surface area contributed by atoms with Crippen LogP contribution in [0.5, 0.6) is 0 Å². The van der Waals surface area contributed by atoms with Crippen LogP contribution < -0.4 is 10.6 Å². The van der Waals surface area contributed by atoms with E-state index >= 15 is 0 Å². The molecule has 2 atom stereocenters. The van der Waals surface area contributed by atoms with Gasteiger partial charge < -0.3 is 20.1 Å². The van der Waals surface area contributed by atoms with Crippen LogP contribution in [0.3, 0.4) is 0 Å². The van der Waals surface area contributed by atoms with Crippen molar-refractivity contribution in [3.05, 3.63) is 0 Å². The number of hydrogen-bond donors (Lipinski definition) is 2. The first-order valence-electron chi connectivity index (χ1n) is 6.39. The molecule has 1 fully saturated rings. The molecule has 5 nitrogen and oxygen atoms in total. The van der Waals surface area contributed by atoms with E-state index in [4.69, 9.17) is 9.47 Å². The Morgan fingerprint density at radius 3 is 2.94 bits per heavy atom. The molecule has 1 saturated heterocycles. The van der Waals surface area contributed by atoms with E-state index in [1.165, 1.54) is 6.42 Å². The van der Waals surface area contributed by atoms with Gasteiger partial charge in [-0.25, -0.2) is 0 Å². The standard InChI is InChI=1S/C12H24N2O3/c1-10(12(15)14-7-6-13-2)17-9-11-5-3-4-8-16-11/h10-11,13H,3-9H2,1-2H3,(H,14,15). The van der Waals surface area contributed by atoms with E-state index in [9.17, 15) is 4.79 Å². The average Bonchev–Trinajstić information content (AvgIpc) is 2.37. The molecule has 0 aliphatic carbocycles. The summed E-state index contributed by atoms with van der Waals surface area (Å²) in [6, 6.07) is 0. The van der Waals surface area contributed by atoms with Crippen LogP contribution >= 0.6 is 0 Å². The minimum atomic E-state index is -0.405. The number of rotatable bonds is 7. The molecule has 5 heteroatoms. The highest BCUT2D eigenvalue weighted by Gasteiger charge is 2.18. The number of carbonyl (C=O) groups is 1. The van der Waals surface area contributed by atoms with Crippen molar-refractivity contribution >= 4 is 5.91 Å². The summed E-state index contributed by atoms with van der Waals surface area (Å²) in [4.78, 5) is 11.6. The maximum atomic E-state index is 11.6. The van der Waals surface area contributed by atoms with Gasteiger partial charge in [-0.15, -0.1) is 0 Å². The number of likely N-dealkylation sites (N-methyl/N-ethyl adjacent to an activating group) is 1. The monoisotopic (exact) mass is 244 g/mol. The molecule has 2 N–H and O–H groups in total. The molecule has 1 aliphatic heterocycles. The summed E-state index contributed by atoms with van der Waals surface area (Å²) in [5, 5.41) is 5.77. The molecule has 0 bridgehead atoms. The first kappa shape index (κ1) is 14.4. The number of ether oxygens (including phenoxy) is 2. The Kier molecular flexibility index (Phi) is 7.16. The largest absolute Gasteiger partial charge is 0.376 e. The van der Waals surface area contributed by atoms with E-state index in [2.05, 4.69) is 10.6 Å². The summed E-state index contributed by atoms with van der Waals surface area (Å²) in [6.45, 7) is 4.50. The van der Waals surface area contributed by atoms with Gasteiger partial charge >= 0.3 is 0 Å². The summed E-state index contributed by atoms with van der Waals surface area (Å²) >= 11 is 0. The van der Waals surface area contributed by atoms with E-state index in [-0.39, 0.29) is 12.0 Å². The third kappa shape index (κ3) is 6.00. The third-order valence-electron chi connectivity index (χ3n) is 2.85. The first-order chi connectivity index (χ1) is 8.24. The fourth-order valence-electron chi connectivity index (χ4n) is 1.72. The Hall–Kier alpha value is -0.650. The van der Waals surface area contributed by atoms with Gasteiger partial charge in [0.25, 0.3) is 0 Å². The van der Waals surface area contributed by atoms with E-state index in [0.717, 1.165) is 26.0 Å². The van der Waals surface area contributed by atoms with Crippen LogP contribution in [0, 0.1) is 0 Å². The van der Waals surface area contributed by atoms with Crippen molar-refractivity contribution in [1.82, 2.24) is 10.6 Å². The molecule has 0 aromatic rings. The van der Waals surface area contributed by atoms with Crippen molar-refractivity contribution < 1.29 is 14.3 Å². The van der Waals surface area contributed by atoms with Crippen molar-refractivity contribution in [1.29, 1.82) is 0 Å². The van der Waals surface area contributed by atoms with E-state index in [1.807, 2.05) is 7.05 Å². The van der Waals surface area contributed by atoms with Gasteiger partial charge in [-0.1, -0.05) is 0 Å². The van der Waals surface area contributed by atoms with Crippen molar-refractivity contribution in [3.8, 4) is 0 Å². The summed E-state index contributed by atoms with van der Waals surface area (Å²) in [7, 11) is 1.85. The van der Waals surface area contributed by atoms with Crippen LogP contribution in [0.4, 0.5) is 0 Å². The van der Waals surface area contributed by atoms with Gasteiger partial charge in [-0.3, -0.25) is 4.79 Å². The van der Waals surface area contributed by atoms with Crippen LogP contribution in [0.25, 0.3) is 0 Å². The Balaban J connectivity index is 2.10. The van der Waals surface area contributed by atoms with E-state index < -0.39 is 6.10 Å². The molecule has 0 saturated carbocycles. The lowest BCUT2D eigenvalue weighted by atomic mass is 10.1. The molecule has 1 aliphatic rings. The normalized spacial score (nSPS) is 22.1. The van der Waals surface area contributed by atoms with Gasteiger partial charge in [0.15, 0.2) is 0 Å². The van der Waals surface area contributed by atoms with Crippen molar-refractivity contribution in [3.63, 3.8) is 0 Å². The molecular weight excluding hydrogens is 220 g/mol. The highest BCUT2D eigenvalue weighted by atomic mass is 16.5. The van der Waals surface area contributed by atoms with Gasteiger partial charge in [0.05, 0.1) is 12.7 Å². The highest BCUT2D eigenvalue weighted by molar-refractivity contribution is 5.80. The predicted molar refractivity (Wildman–Crippen MR) is 65.9 cm³/mol. The Bertz CT molecular complexity index is 218. The summed E-state index contributed by atoms with van der Waals surface area (Å²) in [5.74, 6) is -0.0592. The predicted octanol–water partition coefficient (Wildman–Crippen LogP) is 0.296. The first-order valence-corrected chi connectivity index (χ1v) is 6.39. The number of amides is 1. The topological polar surface area (TPSA) is 59.6 Å². The molecule has 17 heavy (non-hydrogen) atoms. The van der Waals surface area contributed by atoms with Gasteiger partial charge in [-0.05, 0) is 33.2 Å². The molecule has 0 radical (unpaired) electrons. The number of carbonyl (C=O) groups excluding carboxylic acids is 1. The zero-order valence-corrected chi connectivity index (χ0v) is 10.8. The zero-order valence-electron chi connectivity index (χ0n) is 10.8. The molecule has 0 spiro atoms. The lowest BCUT2D eigenvalue weighted by Crippen LogP contribution is -2.39. The quantitative estimate of drug-likeness (QED) is 0.632. The molecule has 1 rings (SSSR count). The maximum absolute atomic E-state index is 11.6. The van der Waals surface area contributed by atoms with Gasteiger partial charge in [0.1, 0.15) is 6.10 Å². The molecule has 1 heterocycles. The molecule has 0 aromatic carbocycles. The number of nitrogens with one attached hydrogen (secondary N) is 2. The van der Waals surface area contributed by atoms with Crippen LogP contribution in [-0.2, 0) is 14.3 Å². The maximum Gasteiger partial charge on any atom is 0.248 e. The average molecular weight is 244 g/mol. The Labute approximate surface area is 103 Å². The summed E-state index contributed by atoms with van der Waals surface area (Å²) in [5.41, 5.74) is 0. The second-order valence-electron chi connectivity index (χ2n) is 4.36. The SMILES string of the molecule is CNCCNC(=O)C(C)OCC1CCCCO1. The molecule has 2 unspecified atom stereocenters.